The van der Waals surface area contributed by atoms with E-state index in [1.165, 1.54) is 16.4 Å². The molecule has 1 fully saturated rings. The van der Waals surface area contributed by atoms with Crippen molar-refractivity contribution in [1.29, 1.82) is 0 Å². The van der Waals surface area contributed by atoms with Crippen LogP contribution in [-0.4, -0.2) is 37.8 Å². The third-order valence-corrected chi connectivity index (χ3v) is 7.18. The van der Waals surface area contributed by atoms with E-state index >= 15 is 0 Å². The number of nitrogens with zero attached hydrogens (tertiary/aromatic N) is 1. The molecule has 8 heteroatoms. The topological polar surface area (TPSA) is 78.5 Å². The van der Waals surface area contributed by atoms with Crippen LogP contribution < -0.4 is 10.6 Å². The van der Waals surface area contributed by atoms with Crippen LogP contribution in [0.1, 0.15) is 25.3 Å². The molecule has 6 nitrogen and oxygen atoms in total. The number of nitrogens with one attached hydrogen (secondary N) is 2. The van der Waals surface area contributed by atoms with Crippen molar-refractivity contribution >= 4 is 38.9 Å². The van der Waals surface area contributed by atoms with Gasteiger partial charge in [-0.1, -0.05) is 17.7 Å². The molecule has 3 rings (SSSR count). The number of hydrogen-bond acceptors (Lipinski definition) is 4. The molecule has 1 saturated heterocycles. The Morgan fingerprint density at radius 3 is 2.39 bits per heavy atom. The fraction of sp³-hybridized carbons (Fsp3) is 0.350. The van der Waals surface area contributed by atoms with Gasteiger partial charge in [0.15, 0.2) is 0 Å². The van der Waals surface area contributed by atoms with Gasteiger partial charge in [-0.05, 0) is 68.7 Å². The molecule has 28 heavy (non-hydrogen) atoms. The van der Waals surface area contributed by atoms with E-state index in [1.54, 1.807) is 25.1 Å². The van der Waals surface area contributed by atoms with Crippen LogP contribution in [0.15, 0.2) is 47.4 Å². The molecule has 2 aromatic rings. The predicted octanol–water partition coefficient (Wildman–Crippen LogP) is 3.87. The minimum Gasteiger partial charge on any atom is -0.374 e. The van der Waals surface area contributed by atoms with Gasteiger partial charge < -0.3 is 10.6 Å². The van der Waals surface area contributed by atoms with E-state index in [0.717, 1.165) is 24.1 Å². The Kier molecular flexibility index (Phi) is 6.27. The number of rotatable bonds is 6. The van der Waals surface area contributed by atoms with Crippen LogP contribution in [0.2, 0.25) is 5.02 Å². The smallest absolute Gasteiger partial charge is 0.246 e. The molecule has 1 unspecified atom stereocenters. The molecule has 0 aliphatic carbocycles. The van der Waals surface area contributed by atoms with Crippen molar-refractivity contribution in [2.75, 3.05) is 23.7 Å². The normalized spacial score (nSPS) is 16.0. The highest BCUT2D eigenvalue weighted by atomic mass is 35.5. The Labute approximate surface area is 170 Å². The third-order valence-electron chi connectivity index (χ3n) is 4.86. The zero-order valence-corrected chi connectivity index (χ0v) is 17.5. The predicted molar refractivity (Wildman–Crippen MR) is 112 cm³/mol. The van der Waals surface area contributed by atoms with Gasteiger partial charge in [0, 0.05) is 29.5 Å². The second kappa shape index (κ2) is 8.51. The van der Waals surface area contributed by atoms with E-state index in [4.69, 9.17) is 11.6 Å². The lowest BCUT2D eigenvalue weighted by Gasteiger charge is -2.18. The monoisotopic (exact) mass is 421 g/mol. The van der Waals surface area contributed by atoms with Gasteiger partial charge in [0.1, 0.15) is 6.04 Å². The number of carbonyl (C=O) groups excluding carboxylic acids is 1. The Bertz CT molecular complexity index is 955. The average molecular weight is 422 g/mol. The van der Waals surface area contributed by atoms with Gasteiger partial charge in [-0.25, -0.2) is 8.42 Å². The van der Waals surface area contributed by atoms with Gasteiger partial charge in [-0.2, -0.15) is 4.31 Å². The molecule has 1 atom stereocenters. The lowest BCUT2D eigenvalue weighted by atomic mass is 10.1. The van der Waals surface area contributed by atoms with E-state index in [9.17, 15) is 13.2 Å². The number of halogens is 1. The van der Waals surface area contributed by atoms with Crippen molar-refractivity contribution in [3.63, 3.8) is 0 Å². The minimum absolute atomic E-state index is 0.227. The second-order valence-electron chi connectivity index (χ2n) is 6.90. The van der Waals surface area contributed by atoms with Crippen LogP contribution in [0, 0.1) is 6.92 Å². The Hall–Kier alpha value is -2.09. The maximum atomic E-state index is 12.6. The van der Waals surface area contributed by atoms with Gasteiger partial charge in [0.2, 0.25) is 15.9 Å². The summed E-state index contributed by atoms with van der Waals surface area (Å²) >= 11 is 6.11. The molecule has 1 heterocycles. The Balaban J connectivity index is 1.64. The summed E-state index contributed by atoms with van der Waals surface area (Å²) in [4.78, 5) is 12.7. The first kappa shape index (κ1) is 20.6. The van der Waals surface area contributed by atoms with Crippen molar-refractivity contribution in [3.05, 3.63) is 53.1 Å². The highest BCUT2D eigenvalue weighted by Gasteiger charge is 2.27. The van der Waals surface area contributed by atoms with Crippen LogP contribution in [0.5, 0.6) is 0 Å². The Morgan fingerprint density at radius 2 is 1.75 bits per heavy atom. The summed E-state index contributed by atoms with van der Waals surface area (Å²) in [7, 11) is -3.45. The zero-order chi connectivity index (χ0) is 20.3. The number of amides is 1. The number of sulfonamides is 1. The number of hydrogen-bond donors (Lipinski definition) is 2. The number of carbonyl (C=O) groups is 1. The van der Waals surface area contributed by atoms with E-state index < -0.39 is 16.1 Å². The molecular formula is C20H24ClN3O3S. The van der Waals surface area contributed by atoms with Crippen LogP contribution in [0.4, 0.5) is 11.4 Å². The summed E-state index contributed by atoms with van der Waals surface area (Å²) in [5, 5.41) is 6.58. The molecule has 0 aromatic heterocycles. The zero-order valence-electron chi connectivity index (χ0n) is 15.9. The van der Waals surface area contributed by atoms with Gasteiger partial charge in [-0.3, -0.25) is 4.79 Å². The molecule has 0 bridgehead atoms. The maximum absolute atomic E-state index is 12.6. The van der Waals surface area contributed by atoms with Crippen molar-refractivity contribution in [1.82, 2.24) is 4.31 Å². The highest BCUT2D eigenvalue weighted by Crippen LogP contribution is 2.24. The molecular weight excluding hydrogens is 398 g/mol. The summed E-state index contributed by atoms with van der Waals surface area (Å²) in [5.74, 6) is -0.227. The maximum Gasteiger partial charge on any atom is 0.246 e. The van der Waals surface area contributed by atoms with E-state index in [0.29, 0.717) is 23.8 Å². The van der Waals surface area contributed by atoms with Crippen molar-refractivity contribution < 1.29 is 13.2 Å². The van der Waals surface area contributed by atoms with Crippen molar-refractivity contribution in [3.8, 4) is 0 Å². The average Bonchev–Trinajstić information content (AvgIpc) is 3.21. The first-order valence-electron chi connectivity index (χ1n) is 9.22. The SMILES string of the molecule is Cc1c(Cl)cccc1NC(C)C(=O)Nc1ccc(S(=O)(=O)N2CCCC2)cc1. The molecule has 150 valence electrons. The molecule has 0 radical (unpaired) electrons. The fourth-order valence-corrected chi connectivity index (χ4v) is 4.79. The quantitative estimate of drug-likeness (QED) is 0.742. The molecule has 1 aliphatic heterocycles. The van der Waals surface area contributed by atoms with Crippen LogP contribution in [0.25, 0.3) is 0 Å². The summed E-state index contributed by atoms with van der Waals surface area (Å²) in [6.45, 7) is 4.76. The van der Waals surface area contributed by atoms with E-state index in [2.05, 4.69) is 10.6 Å². The van der Waals surface area contributed by atoms with Crippen molar-refractivity contribution in [2.24, 2.45) is 0 Å². The van der Waals surface area contributed by atoms with Crippen LogP contribution >= 0.6 is 11.6 Å². The number of benzene rings is 2. The molecule has 2 N–H and O–H groups in total. The van der Waals surface area contributed by atoms with Gasteiger partial charge in [0.25, 0.3) is 0 Å². The first-order chi connectivity index (χ1) is 13.3. The standard InChI is InChI=1S/C20H24ClN3O3S/c1-14-18(21)6-5-7-19(14)22-15(2)20(25)23-16-8-10-17(11-9-16)28(26,27)24-12-3-4-13-24/h5-11,15,22H,3-4,12-13H2,1-2H3,(H,23,25). The fourth-order valence-electron chi connectivity index (χ4n) is 3.10. The lowest BCUT2D eigenvalue weighted by Crippen LogP contribution is -2.32. The summed E-state index contributed by atoms with van der Waals surface area (Å²) in [5.41, 5.74) is 2.21. The summed E-state index contributed by atoms with van der Waals surface area (Å²) < 4.78 is 26.6. The first-order valence-corrected chi connectivity index (χ1v) is 11.0. The molecule has 1 aliphatic rings. The van der Waals surface area contributed by atoms with Crippen molar-refractivity contribution in [2.45, 2.75) is 37.6 Å². The minimum atomic E-state index is -3.45. The largest absolute Gasteiger partial charge is 0.374 e. The van der Waals surface area contributed by atoms with E-state index in [1.807, 2.05) is 19.1 Å². The summed E-state index contributed by atoms with van der Waals surface area (Å²) in [6, 6.07) is 11.3. The molecule has 0 spiro atoms. The second-order valence-corrected chi connectivity index (χ2v) is 9.25. The van der Waals surface area contributed by atoms with Crippen LogP contribution in [0.3, 0.4) is 0 Å². The Morgan fingerprint density at radius 1 is 1.11 bits per heavy atom. The number of anilines is 2. The molecule has 2 aromatic carbocycles. The lowest BCUT2D eigenvalue weighted by molar-refractivity contribution is -0.116. The highest BCUT2D eigenvalue weighted by molar-refractivity contribution is 7.89. The van der Waals surface area contributed by atoms with Gasteiger partial charge >= 0.3 is 0 Å². The third kappa shape index (κ3) is 4.48. The van der Waals surface area contributed by atoms with Gasteiger partial charge in [0.05, 0.1) is 4.90 Å². The molecule has 1 amide bonds. The van der Waals surface area contributed by atoms with Gasteiger partial charge in [-0.15, -0.1) is 0 Å². The molecule has 0 saturated carbocycles. The summed E-state index contributed by atoms with van der Waals surface area (Å²) in [6.07, 6.45) is 1.79. The van der Waals surface area contributed by atoms with Crippen LogP contribution in [-0.2, 0) is 14.8 Å². The van der Waals surface area contributed by atoms with E-state index in [-0.39, 0.29) is 10.8 Å².